The number of benzene rings is 1. The molecule has 0 bridgehead atoms. The van der Waals surface area contributed by atoms with E-state index in [9.17, 15) is 9.59 Å². The molecule has 0 aliphatic carbocycles. The van der Waals surface area contributed by atoms with Crippen LogP contribution in [0.25, 0.3) is 6.08 Å². The molecule has 1 N–H and O–H groups in total. The van der Waals surface area contributed by atoms with Crippen molar-refractivity contribution in [1.29, 1.82) is 0 Å². The average molecular weight is 297 g/mol. The molecule has 0 radical (unpaired) electrons. The highest BCUT2D eigenvalue weighted by Gasteiger charge is 2.12. The van der Waals surface area contributed by atoms with Crippen LogP contribution in [0, 0.1) is 0 Å². The Bertz CT molecular complexity index is 678. The lowest BCUT2D eigenvalue weighted by Gasteiger charge is -2.10. The molecule has 0 spiro atoms. The number of allylic oxidation sites excluding steroid dienone is 1. The van der Waals surface area contributed by atoms with E-state index < -0.39 is 12.1 Å². The third kappa shape index (κ3) is 4.28. The van der Waals surface area contributed by atoms with Crippen LogP contribution in [0.2, 0.25) is 0 Å². The maximum absolute atomic E-state index is 12.0. The summed E-state index contributed by atoms with van der Waals surface area (Å²) >= 11 is 0. The molecule has 1 heterocycles. The van der Waals surface area contributed by atoms with Crippen molar-refractivity contribution in [2.24, 2.45) is 0 Å². The van der Waals surface area contributed by atoms with Crippen molar-refractivity contribution in [3.05, 3.63) is 66.0 Å². The van der Waals surface area contributed by atoms with Crippen LogP contribution < -0.4 is 4.74 Å². The number of aliphatic carboxylic acids is 1. The first kappa shape index (κ1) is 15.4. The van der Waals surface area contributed by atoms with E-state index in [0.717, 1.165) is 5.56 Å². The standard InChI is InChI=1S/C17H15NO4/c1-12(17(20)21)22-15-7-5-14(6-8-15)16(19)9-4-13-3-2-10-18-11-13/h2-12H,1H3,(H,20,21). The summed E-state index contributed by atoms with van der Waals surface area (Å²) in [7, 11) is 0. The molecule has 1 aromatic carbocycles. The van der Waals surface area contributed by atoms with Gasteiger partial charge in [0, 0.05) is 18.0 Å². The molecule has 112 valence electrons. The summed E-state index contributed by atoms with van der Waals surface area (Å²) in [6.07, 6.45) is 5.54. The highest BCUT2D eigenvalue weighted by molar-refractivity contribution is 6.06. The van der Waals surface area contributed by atoms with Crippen molar-refractivity contribution in [2.75, 3.05) is 0 Å². The number of carboxylic acid groups (broad SMARTS) is 1. The number of rotatable bonds is 6. The Morgan fingerprint density at radius 1 is 1.23 bits per heavy atom. The molecule has 0 aliphatic rings. The zero-order chi connectivity index (χ0) is 15.9. The van der Waals surface area contributed by atoms with Crippen molar-refractivity contribution in [3.63, 3.8) is 0 Å². The van der Waals surface area contributed by atoms with Crippen molar-refractivity contribution in [1.82, 2.24) is 4.98 Å². The highest BCUT2D eigenvalue weighted by Crippen LogP contribution is 2.15. The molecule has 2 rings (SSSR count). The zero-order valence-electron chi connectivity index (χ0n) is 12.0. The summed E-state index contributed by atoms with van der Waals surface area (Å²) in [5, 5.41) is 8.77. The number of carbonyl (C=O) groups excluding carboxylic acids is 1. The van der Waals surface area contributed by atoms with Gasteiger partial charge in [0.05, 0.1) is 0 Å². The van der Waals surface area contributed by atoms with Crippen LogP contribution in [0.3, 0.4) is 0 Å². The SMILES string of the molecule is CC(Oc1ccc(C(=O)C=Cc2cccnc2)cc1)C(=O)O. The third-order valence-electron chi connectivity index (χ3n) is 2.91. The van der Waals surface area contributed by atoms with Crippen molar-refractivity contribution in [2.45, 2.75) is 13.0 Å². The summed E-state index contributed by atoms with van der Waals surface area (Å²) in [5.74, 6) is -0.788. The van der Waals surface area contributed by atoms with Gasteiger partial charge in [0.1, 0.15) is 5.75 Å². The van der Waals surface area contributed by atoms with Crippen LogP contribution in [0.15, 0.2) is 54.9 Å². The predicted molar refractivity (Wildman–Crippen MR) is 81.8 cm³/mol. The van der Waals surface area contributed by atoms with E-state index in [4.69, 9.17) is 9.84 Å². The molecular formula is C17H15NO4. The molecule has 5 heteroatoms. The fourth-order valence-corrected chi connectivity index (χ4v) is 1.69. The Hall–Kier alpha value is -2.95. The van der Waals surface area contributed by atoms with Crippen LogP contribution in [0.5, 0.6) is 5.75 Å². The molecule has 0 amide bonds. The molecule has 1 unspecified atom stereocenters. The van der Waals surface area contributed by atoms with Gasteiger partial charge in [-0.3, -0.25) is 9.78 Å². The first-order valence-corrected chi connectivity index (χ1v) is 6.68. The Morgan fingerprint density at radius 3 is 2.55 bits per heavy atom. The number of carbonyl (C=O) groups is 2. The Balaban J connectivity index is 2.02. The van der Waals surface area contributed by atoms with Gasteiger partial charge in [-0.05, 0) is 55.0 Å². The second-order valence-electron chi connectivity index (χ2n) is 4.61. The van der Waals surface area contributed by atoms with Gasteiger partial charge in [-0.15, -0.1) is 0 Å². The van der Waals surface area contributed by atoms with Crippen LogP contribution in [0.4, 0.5) is 0 Å². The number of ether oxygens (including phenoxy) is 1. The Kier molecular flexibility index (Phi) is 5.03. The zero-order valence-corrected chi connectivity index (χ0v) is 12.0. The number of ketones is 1. The first-order valence-electron chi connectivity index (χ1n) is 6.68. The fourth-order valence-electron chi connectivity index (χ4n) is 1.69. The summed E-state index contributed by atoms with van der Waals surface area (Å²) in [5.41, 5.74) is 1.33. The lowest BCUT2D eigenvalue weighted by atomic mass is 10.1. The molecule has 1 aromatic heterocycles. The van der Waals surface area contributed by atoms with Gasteiger partial charge in [-0.25, -0.2) is 4.79 Å². The minimum Gasteiger partial charge on any atom is -0.479 e. The van der Waals surface area contributed by atoms with E-state index in [1.807, 2.05) is 6.07 Å². The van der Waals surface area contributed by atoms with Crippen LogP contribution in [-0.4, -0.2) is 27.9 Å². The van der Waals surface area contributed by atoms with Gasteiger partial charge in [0.2, 0.25) is 0 Å². The van der Waals surface area contributed by atoms with Crippen molar-refractivity contribution >= 4 is 17.8 Å². The molecule has 1 atom stereocenters. The minimum atomic E-state index is -1.04. The normalized spacial score (nSPS) is 12.0. The van der Waals surface area contributed by atoms with Crippen molar-refractivity contribution < 1.29 is 19.4 Å². The van der Waals surface area contributed by atoms with Gasteiger partial charge in [0.25, 0.3) is 0 Å². The molecule has 0 saturated heterocycles. The molecular weight excluding hydrogens is 282 g/mol. The van der Waals surface area contributed by atoms with E-state index >= 15 is 0 Å². The number of hydrogen-bond donors (Lipinski definition) is 1. The summed E-state index contributed by atoms with van der Waals surface area (Å²) in [4.78, 5) is 26.7. The van der Waals surface area contributed by atoms with Crippen LogP contribution >= 0.6 is 0 Å². The number of aromatic nitrogens is 1. The van der Waals surface area contributed by atoms with E-state index in [1.165, 1.54) is 13.0 Å². The molecule has 5 nitrogen and oxygen atoms in total. The lowest BCUT2D eigenvalue weighted by Crippen LogP contribution is -2.22. The van der Waals surface area contributed by atoms with E-state index in [2.05, 4.69) is 4.98 Å². The topological polar surface area (TPSA) is 76.5 Å². The number of nitrogens with zero attached hydrogens (tertiary/aromatic N) is 1. The van der Waals surface area contributed by atoms with Gasteiger partial charge in [-0.1, -0.05) is 6.07 Å². The van der Waals surface area contributed by atoms with Gasteiger partial charge < -0.3 is 9.84 Å². The van der Waals surface area contributed by atoms with Gasteiger partial charge >= 0.3 is 5.97 Å². The average Bonchev–Trinajstić information content (AvgIpc) is 2.54. The van der Waals surface area contributed by atoms with E-state index in [1.54, 1.807) is 48.8 Å². The van der Waals surface area contributed by atoms with E-state index in [-0.39, 0.29) is 5.78 Å². The van der Waals surface area contributed by atoms with E-state index in [0.29, 0.717) is 11.3 Å². The quantitative estimate of drug-likeness (QED) is 0.655. The molecule has 0 fully saturated rings. The fraction of sp³-hybridized carbons (Fsp3) is 0.118. The molecule has 2 aromatic rings. The predicted octanol–water partition coefficient (Wildman–Crippen LogP) is 2.83. The lowest BCUT2D eigenvalue weighted by molar-refractivity contribution is -0.144. The van der Waals surface area contributed by atoms with Crippen LogP contribution in [-0.2, 0) is 4.79 Å². The maximum Gasteiger partial charge on any atom is 0.344 e. The third-order valence-corrected chi connectivity index (χ3v) is 2.91. The Morgan fingerprint density at radius 2 is 1.95 bits per heavy atom. The van der Waals surface area contributed by atoms with Gasteiger partial charge in [-0.2, -0.15) is 0 Å². The first-order chi connectivity index (χ1) is 10.6. The second kappa shape index (κ2) is 7.17. The summed E-state index contributed by atoms with van der Waals surface area (Å²) in [6, 6.07) is 9.98. The molecule has 0 saturated carbocycles. The largest absolute Gasteiger partial charge is 0.479 e. The smallest absolute Gasteiger partial charge is 0.344 e. The second-order valence-corrected chi connectivity index (χ2v) is 4.61. The summed E-state index contributed by atoms with van der Waals surface area (Å²) in [6.45, 7) is 1.44. The number of pyridine rings is 1. The summed E-state index contributed by atoms with van der Waals surface area (Å²) < 4.78 is 5.20. The van der Waals surface area contributed by atoms with Crippen molar-refractivity contribution in [3.8, 4) is 5.75 Å². The molecule has 0 aliphatic heterocycles. The number of carboxylic acids is 1. The minimum absolute atomic E-state index is 0.151. The Labute approximate surface area is 127 Å². The molecule has 22 heavy (non-hydrogen) atoms. The number of hydrogen-bond acceptors (Lipinski definition) is 4. The highest BCUT2D eigenvalue weighted by atomic mass is 16.5. The van der Waals surface area contributed by atoms with Gasteiger partial charge in [0.15, 0.2) is 11.9 Å². The maximum atomic E-state index is 12.0. The van der Waals surface area contributed by atoms with Crippen LogP contribution in [0.1, 0.15) is 22.8 Å². The monoisotopic (exact) mass is 297 g/mol.